The molecule has 0 aromatic heterocycles. The van der Waals surface area contributed by atoms with E-state index in [2.05, 4.69) is 12.2 Å². The maximum absolute atomic E-state index is 12.0. The number of hydrogen-bond acceptors (Lipinski definition) is 2. The molecule has 2 rings (SSSR count). The second kappa shape index (κ2) is 4.60. The van der Waals surface area contributed by atoms with Crippen LogP contribution in [0.2, 0.25) is 0 Å². The Morgan fingerprint density at radius 2 is 2.07 bits per heavy atom. The minimum absolute atomic E-state index is 0.234. The van der Waals surface area contributed by atoms with Gasteiger partial charge in [-0.1, -0.05) is 12.2 Å². The lowest BCUT2D eigenvalue weighted by atomic mass is 9.93. The molecule has 1 heterocycles. The summed E-state index contributed by atoms with van der Waals surface area (Å²) in [6.45, 7) is 2.96. The molecule has 0 N–H and O–H groups in total. The third-order valence-corrected chi connectivity index (χ3v) is 2.94. The molecule has 0 aromatic carbocycles. The molecule has 1 fully saturated rings. The van der Waals surface area contributed by atoms with Crippen LogP contribution in [0.3, 0.4) is 0 Å². The zero-order valence-corrected chi connectivity index (χ0v) is 8.45. The molecule has 0 saturated carbocycles. The molecule has 3 nitrogen and oxygen atoms in total. The first-order valence-corrected chi connectivity index (χ1v) is 5.39. The second-order valence-corrected chi connectivity index (χ2v) is 3.92. The number of morpholine rings is 1. The van der Waals surface area contributed by atoms with E-state index in [-0.39, 0.29) is 5.92 Å². The first kappa shape index (κ1) is 9.71. The summed E-state index contributed by atoms with van der Waals surface area (Å²) >= 11 is 0. The maximum Gasteiger partial charge on any atom is 0.226 e. The lowest BCUT2D eigenvalue weighted by Gasteiger charge is -2.30. The molecule has 0 spiro atoms. The van der Waals surface area contributed by atoms with Gasteiger partial charge in [0.2, 0.25) is 5.91 Å². The third kappa shape index (κ3) is 2.15. The summed E-state index contributed by atoms with van der Waals surface area (Å²) < 4.78 is 5.23. The summed E-state index contributed by atoms with van der Waals surface area (Å²) in [6.07, 6.45) is 7.30. The first-order chi connectivity index (χ1) is 6.88. The smallest absolute Gasteiger partial charge is 0.226 e. The number of rotatable bonds is 1. The standard InChI is InChI=1S/C11H17NO2/c13-11(10-4-2-1-3-5-10)12-6-8-14-9-7-12/h1-2,10H,3-9H2/t10-/m1/s1. The fourth-order valence-electron chi connectivity index (χ4n) is 2.06. The van der Waals surface area contributed by atoms with Crippen LogP contribution >= 0.6 is 0 Å². The molecule has 14 heavy (non-hydrogen) atoms. The highest BCUT2D eigenvalue weighted by molar-refractivity contribution is 5.79. The monoisotopic (exact) mass is 195 g/mol. The molecular weight excluding hydrogens is 178 g/mol. The fourth-order valence-corrected chi connectivity index (χ4v) is 2.06. The van der Waals surface area contributed by atoms with E-state index in [9.17, 15) is 4.79 Å². The van der Waals surface area contributed by atoms with Gasteiger partial charge in [0.1, 0.15) is 0 Å². The topological polar surface area (TPSA) is 29.5 Å². The zero-order chi connectivity index (χ0) is 9.80. The maximum atomic E-state index is 12.0. The van der Waals surface area contributed by atoms with Crippen LogP contribution in [-0.2, 0) is 9.53 Å². The molecule has 0 aromatic rings. The Morgan fingerprint density at radius 3 is 2.71 bits per heavy atom. The Kier molecular flexibility index (Phi) is 3.19. The van der Waals surface area contributed by atoms with Gasteiger partial charge < -0.3 is 9.64 Å². The highest BCUT2D eigenvalue weighted by atomic mass is 16.5. The van der Waals surface area contributed by atoms with Crippen molar-refractivity contribution in [2.24, 2.45) is 5.92 Å². The lowest BCUT2D eigenvalue weighted by Crippen LogP contribution is -2.43. The van der Waals surface area contributed by atoms with Crippen molar-refractivity contribution >= 4 is 5.91 Å². The highest BCUT2D eigenvalue weighted by Gasteiger charge is 2.25. The van der Waals surface area contributed by atoms with Crippen LogP contribution in [0.25, 0.3) is 0 Å². The van der Waals surface area contributed by atoms with Crippen LogP contribution in [0.15, 0.2) is 12.2 Å². The molecule has 78 valence electrons. The van der Waals surface area contributed by atoms with Gasteiger partial charge in [0, 0.05) is 19.0 Å². The van der Waals surface area contributed by atoms with Crippen LogP contribution in [0.5, 0.6) is 0 Å². The lowest BCUT2D eigenvalue weighted by molar-refractivity contribution is -0.139. The molecule has 1 aliphatic carbocycles. The molecule has 0 radical (unpaired) electrons. The average molecular weight is 195 g/mol. The van der Waals surface area contributed by atoms with Gasteiger partial charge in [-0.15, -0.1) is 0 Å². The number of allylic oxidation sites excluding steroid dienone is 2. The summed E-state index contributed by atoms with van der Waals surface area (Å²) in [5.74, 6) is 0.566. The summed E-state index contributed by atoms with van der Waals surface area (Å²) in [6, 6.07) is 0. The van der Waals surface area contributed by atoms with Gasteiger partial charge in [-0.3, -0.25) is 4.79 Å². The molecular formula is C11H17NO2. The number of hydrogen-bond donors (Lipinski definition) is 0. The molecule has 1 amide bonds. The van der Waals surface area contributed by atoms with Crippen molar-refractivity contribution in [2.75, 3.05) is 26.3 Å². The number of nitrogens with zero attached hydrogens (tertiary/aromatic N) is 1. The van der Waals surface area contributed by atoms with Crippen LogP contribution in [-0.4, -0.2) is 37.1 Å². The van der Waals surface area contributed by atoms with E-state index in [0.717, 1.165) is 32.4 Å². The van der Waals surface area contributed by atoms with Crippen molar-refractivity contribution < 1.29 is 9.53 Å². The normalized spacial score (nSPS) is 27.7. The predicted octanol–water partition coefficient (Wildman–Crippen LogP) is 1.20. The first-order valence-electron chi connectivity index (χ1n) is 5.39. The van der Waals surface area contributed by atoms with E-state index >= 15 is 0 Å². The number of carbonyl (C=O) groups is 1. The molecule has 0 bridgehead atoms. The summed E-state index contributed by atoms with van der Waals surface area (Å²) in [5, 5.41) is 0. The molecule has 3 heteroatoms. The van der Waals surface area contributed by atoms with E-state index in [4.69, 9.17) is 4.74 Å². The number of ether oxygens (including phenoxy) is 1. The minimum atomic E-state index is 0.234. The quantitative estimate of drug-likeness (QED) is 0.588. The van der Waals surface area contributed by atoms with E-state index in [0.29, 0.717) is 19.1 Å². The minimum Gasteiger partial charge on any atom is -0.378 e. The zero-order valence-electron chi connectivity index (χ0n) is 8.45. The molecule has 2 aliphatic rings. The summed E-state index contributed by atoms with van der Waals surface area (Å²) in [5.41, 5.74) is 0. The van der Waals surface area contributed by atoms with Gasteiger partial charge in [0.25, 0.3) is 0 Å². The van der Waals surface area contributed by atoms with Crippen LogP contribution < -0.4 is 0 Å². The van der Waals surface area contributed by atoms with Crippen molar-refractivity contribution in [3.8, 4) is 0 Å². The van der Waals surface area contributed by atoms with Crippen LogP contribution in [0.4, 0.5) is 0 Å². The second-order valence-electron chi connectivity index (χ2n) is 3.92. The van der Waals surface area contributed by atoms with Gasteiger partial charge in [-0.2, -0.15) is 0 Å². The van der Waals surface area contributed by atoms with Gasteiger partial charge in [-0.25, -0.2) is 0 Å². The van der Waals surface area contributed by atoms with Gasteiger partial charge >= 0.3 is 0 Å². The van der Waals surface area contributed by atoms with E-state index in [1.807, 2.05) is 4.90 Å². The Labute approximate surface area is 84.7 Å². The van der Waals surface area contributed by atoms with E-state index in [1.54, 1.807) is 0 Å². The van der Waals surface area contributed by atoms with Crippen LogP contribution in [0, 0.1) is 5.92 Å². The Morgan fingerprint density at radius 1 is 1.29 bits per heavy atom. The summed E-state index contributed by atoms with van der Waals surface area (Å²) in [4.78, 5) is 13.9. The SMILES string of the molecule is O=C([C@@H]1CC=CCC1)N1CCOCC1. The van der Waals surface area contributed by atoms with Crippen molar-refractivity contribution in [2.45, 2.75) is 19.3 Å². The molecule has 0 unspecified atom stereocenters. The van der Waals surface area contributed by atoms with Crippen molar-refractivity contribution in [1.82, 2.24) is 4.90 Å². The molecule has 1 atom stereocenters. The summed E-state index contributed by atoms with van der Waals surface area (Å²) in [7, 11) is 0. The van der Waals surface area contributed by atoms with E-state index < -0.39 is 0 Å². The molecule has 1 saturated heterocycles. The van der Waals surface area contributed by atoms with Crippen LogP contribution in [0.1, 0.15) is 19.3 Å². The molecule has 1 aliphatic heterocycles. The van der Waals surface area contributed by atoms with Crippen molar-refractivity contribution in [1.29, 1.82) is 0 Å². The van der Waals surface area contributed by atoms with Crippen molar-refractivity contribution in [3.05, 3.63) is 12.2 Å². The number of amides is 1. The third-order valence-electron chi connectivity index (χ3n) is 2.94. The van der Waals surface area contributed by atoms with Gasteiger partial charge in [-0.05, 0) is 19.3 Å². The largest absolute Gasteiger partial charge is 0.378 e. The fraction of sp³-hybridized carbons (Fsp3) is 0.727. The highest BCUT2D eigenvalue weighted by Crippen LogP contribution is 2.20. The average Bonchev–Trinajstić information content (AvgIpc) is 2.30. The van der Waals surface area contributed by atoms with E-state index in [1.165, 1.54) is 0 Å². The van der Waals surface area contributed by atoms with Gasteiger partial charge in [0.15, 0.2) is 0 Å². The predicted molar refractivity (Wildman–Crippen MR) is 53.9 cm³/mol. The Balaban J connectivity index is 1.89. The number of carbonyl (C=O) groups excluding carboxylic acids is 1. The van der Waals surface area contributed by atoms with Gasteiger partial charge in [0.05, 0.1) is 13.2 Å². The Bertz CT molecular complexity index is 231. The van der Waals surface area contributed by atoms with Crippen molar-refractivity contribution in [3.63, 3.8) is 0 Å². The Hall–Kier alpha value is -0.830.